The molecule has 0 saturated heterocycles. The maximum absolute atomic E-state index is 9.74. The maximum atomic E-state index is 9.74. The van der Waals surface area contributed by atoms with E-state index in [1.807, 2.05) is 0 Å². The summed E-state index contributed by atoms with van der Waals surface area (Å²) in [6.45, 7) is 0. The lowest BCUT2D eigenvalue weighted by molar-refractivity contribution is 0.101. The van der Waals surface area contributed by atoms with Gasteiger partial charge >= 0.3 is 0 Å². The summed E-state index contributed by atoms with van der Waals surface area (Å²) in [5, 5.41) is 9.74. The fraction of sp³-hybridized carbons (Fsp3) is 1.00. The zero-order valence-corrected chi connectivity index (χ0v) is 5.64. The number of hydrogen-bond acceptors (Lipinski definition) is 1. The highest BCUT2D eigenvalue weighted by Crippen LogP contribution is 2.94. The van der Waals surface area contributed by atoms with Crippen LogP contribution >= 0.6 is 0 Å². The molecular weight excluding hydrogens is 124 g/mol. The van der Waals surface area contributed by atoms with Crippen LogP contribution < -0.4 is 0 Å². The fourth-order valence-electron chi connectivity index (χ4n) is 5.53. The molecule has 0 aliphatic heterocycles. The van der Waals surface area contributed by atoms with E-state index in [1.165, 1.54) is 0 Å². The van der Waals surface area contributed by atoms with Crippen molar-refractivity contribution in [1.29, 1.82) is 0 Å². The average molecular weight is 134 g/mol. The van der Waals surface area contributed by atoms with Gasteiger partial charge < -0.3 is 5.11 Å². The molecule has 10 heavy (non-hydrogen) atoms. The highest BCUT2D eigenvalue weighted by molar-refractivity contribution is 5.40. The molecule has 0 spiro atoms. The van der Waals surface area contributed by atoms with Gasteiger partial charge in [0.05, 0.1) is 6.10 Å². The van der Waals surface area contributed by atoms with Crippen molar-refractivity contribution < 1.29 is 5.11 Å². The minimum atomic E-state index is 0.167. The normalized spacial score (nSPS) is 97.5. The summed E-state index contributed by atoms with van der Waals surface area (Å²) in [6.07, 6.45) is 0.167. The molecule has 0 aromatic rings. The minimum absolute atomic E-state index is 0.167. The van der Waals surface area contributed by atoms with Gasteiger partial charge in [-0.05, 0) is 47.3 Å². The second-order valence-electron chi connectivity index (χ2n) is 5.11. The van der Waals surface area contributed by atoms with Crippen molar-refractivity contribution in [2.45, 2.75) is 6.10 Å². The van der Waals surface area contributed by atoms with Gasteiger partial charge in [0.1, 0.15) is 0 Å². The Kier molecular flexibility index (Phi) is 0.320. The van der Waals surface area contributed by atoms with Crippen LogP contribution in [-0.4, -0.2) is 11.2 Å². The monoisotopic (exact) mass is 134 g/mol. The molecule has 6 aliphatic carbocycles. The van der Waals surface area contributed by atoms with Crippen LogP contribution in [-0.2, 0) is 0 Å². The van der Waals surface area contributed by atoms with Crippen molar-refractivity contribution in [3.8, 4) is 0 Å². The topological polar surface area (TPSA) is 20.2 Å². The lowest BCUT2D eigenvalue weighted by Gasteiger charge is -2.10. The summed E-state index contributed by atoms with van der Waals surface area (Å²) in [4.78, 5) is 0. The second kappa shape index (κ2) is 0.781. The van der Waals surface area contributed by atoms with Crippen molar-refractivity contribution in [1.82, 2.24) is 0 Å². The van der Waals surface area contributed by atoms with Crippen molar-refractivity contribution in [2.75, 3.05) is 0 Å². The summed E-state index contributed by atoms with van der Waals surface area (Å²) in [7, 11) is 0. The third-order valence-electron chi connectivity index (χ3n) is 5.40. The van der Waals surface area contributed by atoms with Gasteiger partial charge in [-0.2, -0.15) is 0 Å². The number of aliphatic hydroxyl groups excluding tert-OH is 1. The zero-order valence-electron chi connectivity index (χ0n) is 5.64. The number of aliphatic hydroxyl groups is 1. The van der Waals surface area contributed by atoms with Crippen LogP contribution in [0.25, 0.3) is 0 Å². The van der Waals surface area contributed by atoms with Gasteiger partial charge in [0.15, 0.2) is 0 Å². The molecule has 0 heterocycles. The molecule has 52 valence electrons. The molecule has 6 aliphatic rings. The molecule has 1 N–H and O–H groups in total. The molecule has 6 rings (SSSR count). The van der Waals surface area contributed by atoms with Gasteiger partial charge in [0, 0.05) is 0 Å². The first-order chi connectivity index (χ1) is 4.91. The fourth-order valence-corrected chi connectivity index (χ4v) is 5.53. The Hall–Kier alpha value is -0.0400. The first-order valence-corrected chi connectivity index (χ1v) is 4.59. The molecule has 5 unspecified atom stereocenters. The highest BCUT2D eigenvalue weighted by atomic mass is 16.3. The largest absolute Gasteiger partial charge is 0.393 e. The third-order valence-corrected chi connectivity index (χ3v) is 5.40. The van der Waals surface area contributed by atoms with Crippen LogP contribution in [0.2, 0.25) is 0 Å². The first kappa shape index (κ1) is 4.10. The zero-order chi connectivity index (χ0) is 6.20. The first-order valence-electron chi connectivity index (χ1n) is 4.59. The molecule has 2 bridgehead atoms. The van der Waals surface area contributed by atoms with E-state index in [4.69, 9.17) is 0 Å². The number of rotatable bonds is 0. The molecule has 0 radical (unpaired) electrons. The van der Waals surface area contributed by atoms with Gasteiger partial charge in [-0.15, -0.1) is 0 Å². The van der Waals surface area contributed by atoms with E-state index >= 15 is 0 Å². The van der Waals surface area contributed by atoms with Crippen molar-refractivity contribution >= 4 is 0 Å². The van der Waals surface area contributed by atoms with Crippen molar-refractivity contribution in [2.24, 2.45) is 47.3 Å². The van der Waals surface area contributed by atoms with Crippen LogP contribution in [0.5, 0.6) is 0 Å². The molecule has 0 aromatic heterocycles. The second-order valence-corrected chi connectivity index (χ2v) is 5.11. The molecule has 6 saturated carbocycles. The van der Waals surface area contributed by atoms with E-state index in [2.05, 4.69) is 0 Å². The Morgan fingerprint density at radius 2 is 0.800 bits per heavy atom. The molecule has 9 atom stereocenters. The average Bonchev–Trinajstić information content (AvgIpc) is 2.70. The van der Waals surface area contributed by atoms with Crippen LogP contribution in [0, 0.1) is 47.3 Å². The van der Waals surface area contributed by atoms with E-state index in [-0.39, 0.29) is 6.10 Å². The predicted molar refractivity (Wildman–Crippen MR) is 33.9 cm³/mol. The van der Waals surface area contributed by atoms with Crippen LogP contribution in [0.3, 0.4) is 0 Å². The smallest absolute Gasteiger partial charge is 0.0607 e. The Morgan fingerprint density at radius 1 is 0.500 bits per heavy atom. The summed E-state index contributed by atoms with van der Waals surface area (Å²) in [6, 6.07) is 0. The lowest BCUT2D eigenvalue weighted by atomic mass is 10.0. The third kappa shape index (κ3) is 0.168. The van der Waals surface area contributed by atoms with Crippen molar-refractivity contribution in [3.05, 3.63) is 0 Å². The summed E-state index contributed by atoms with van der Waals surface area (Å²) >= 11 is 0. The molecule has 0 aromatic carbocycles. The van der Waals surface area contributed by atoms with E-state index in [0.29, 0.717) is 0 Å². The molecule has 1 heteroatoms. The molecule has 6 fully saturated rings. The van der Waals surface area contributed by atoms with Gasteiger partial charge in [0.25, 0.3) is 0 Å². The van der Waals surface area contributed by atoms with Gasteiger partial charge in [-0.1, -0.05) is 0 Å². The SMILES string of the molecule is OC1C2[C@@H]3C4C5[C@H]2[C@H]5C1[C@@H]43. The summed E-state index contributed by atoms with van der Waals surface area (Å²) in [5.74, 6) is 8.09. The molecule has 0 amide bonds. The maximum Gasteiger partial charge on any atom is 0.0607 e. The van der Waals surface area contributed by atoms with Crippen LogP contribution in [0.4, 0.5) is 0 Å². The van der Waals surface area contributed by atoms with E-state index in [0.717, 1.165) is 47.3 Å². The minimum Gasteiger partial charge on any atom is -0.393 e. The molecule has 1 nitrogen and oxygen atoms in total. The van der Waals surface area contributed by atoms with Crippen LogP contribution in [0.1, 0.15) is 0 Å². The van der Waals surface area contributed by atoms with Crippen LogP contribution in [0.15, 0.2) is 0 Å². The molecular formula is C9H10O. The number of hydrogen-bond donors (Lipinski definition) is 1. The quantitative estimate of drug-likeness (QED) is 0.506. The Bertz CT molecular complexity index is 210. The summed E-state index contributed by atoms with van der Waals surface area (Å²) in [5.41, 5.74) is 0. The van der Waals surface area contributed by atoms with Crippen molar-refractivity contribution in [3.63, 3.8) is 0 Å². The predicted octanol–water partition coefficient (Wildman–Crippen LogP) is 0.345. The van der Waals surface area contributed by atoms with E-state index < -0.39 is 0 Å². The standard InChI is InChI=1S/C9H10O/c10-9-7-3-1-2-5(7)6(2)8(9)4(1)3/h1-10H/t1?,2?,3-,4-,5-,6+,7?,8?,9?/m0/s1. The van der Waals surface area contributed by atoms with Gasteiger partial charge in [-0.3, -0.25) is 0 Å². The van der Waals surface area contributed by atoms with Gasteiger partial charge in [-0.25, -0.2) is 0 Å². The van der Waals surface area contributed by atoms with E-state index in [9.17, 15) is 5.11 Å². The lowest BCUT2D eigenvalue weighted by Crippen LogP contribution is -2.17. The highest BCUT2D eigenvalue weighted by Gasteiger charge is 2.93. The van der Waals surface area contributed by atoms with Gasteiger partial charge in [0.2, 0.25) is 0 Å². The Labute approximate surface area is 59.4 Å². The van der Waals surface area contributed by atoms with E-state index in [1.54, 1.807) is 0 Å². The summed E-state index contributed by atoms with van der Waals surface area (Å²) < 4.78 is 0. The Balaban J connectivity index is 1.93. The Morgan fingerprint density at radius 3 is 1.10 bits per heavy atom.